The normalized spacial score (nSPS) is 12.8. The lowest BCUT2D eigenvalue weighted by Crippen LogP contribution is -2.26. The van der Waals surface area contributed by atoms with E-state index < -0.39 is 0 Å². The van der Waals surface area contributed by atoms with E-state index in [0.29, 0.717) is 11.8 Å². The maximum atomic E-state index is 3.61. The Morgan fingerprint density at radius 3 is 2.33 bits per heavy atom. The second-order valence-corrected chi connectivity index (χ2v) is 8.56. The number of hydrogen-bond donors (Lipinski definition) is 1. The predicted octanol–water partition coefficient (Wildman–Crippen LogP) is 5.85. The largest absolute Gasteiger partial charge is 0.316 e. The summed E-state index contributed by atoms with van der Waals surface area (Å²) in [6.07, 6.45) is 1.09. The van der Waals surface area contributed by atoms with Gasteiger partial charge in [0.05, 0.1) is 0 Å². The van der Waals surface area contributed by atoms with Crippen LogP contribution in [0, 0.1) is 5.92 Å². The van der Waals surface area contributed by atoms with E-state index in [2.05, 4.69) is 86.7 Å². The first-order chi connectivity index (χ1) is 10.0. The first-order valence-electron chi connectivity index (χ1n) is 7.23. The van der Waals surface area contributed by atoms with E-state index in [-0.39, 0.29) is 0 Å². The fraction of sp³-hybridized carbons (Fsp3) is 0.412. The molecule has 1 atom stereocenters. The molecule has 1 nitrogen and oxygen atoms in total. The van der Waals surface area contributed by atoms with Gasteiger partial charge in [-0.3, -0.25) is 0 Å². The highest BCUT2D eigenvalue weighted by Crippen LogP contribution is 2.27. The van der Waals surface area contributed by atoms with Crippen molar-refractivity contribution in [3.8, 4) is 0 Å². The lowest BCUT2D eigenvalue weighted by atomic mass is 9.95. The third-order valence-corrected chi connectivity index (χ3v) is 5.60. The fourth-order valence-electron chi connectivity index (χ4n) is 2.29. The molecule has 0 spiro atoms. The zero-order valence-electron chi connectivity index (χ0n) is 12.4. The molecule has 0 bridgehead atoms. The summed E-state index contributed by atoms with van der Waals surface area (Å²) in [6.45, 7) is 6.59. The van der Waals surface area contributed by atoms with Gasteiger partial charge in [-0.2, -0.15) is 0 Å². The Balaban J connectivity index is 2.07. The summed E-state index contributed by atoms with van der Waals surface area (Å²) in [6, 6.07) is 11.0. The van der Waals surface area contributed by atoms with Crippen LogP contribution in [0.15, 0.2) is 44.7 Å². The van der Waals surface area contributed by atoms with Crippen LogP contribution in [-0.2, 0) is 6.42 Å². The SMILES string of the molecule is CC(C)CNCC(Cc1cc(Br)cs1)c1ccc(Br)cc1. The number of benzene rings is 1. The van der Waals surface area contributed by atoms with Crippen molar-refractivity contribution in [1.29, 1.82) is 0 Å². The van der Waals surface area contributed by atoms with Gasteiger partial charge in [0.1, 0.15) is 0 Å². The molecule has 1 unspecified atom stereocenters. The third kappa shape index (κ3) is 5.85. The molecule has 4 heteroatoms. The molecule has 0 aliphatic carbocycles. The van der Waals surface area contributed by atoms with E-state index in [1.165, 1.54) is 14.9 Å². The van der Waals surface area contributed by atoms with Crippen LogP contribution in [-0.4, -0.2) is 13.1 Å². The molecule has 0 aliphatic rings. The van der Waals surface area contributed by atoms with Crippen molar-refractivity contribution in [2.24, 2.45) is 5.92 Å². The van der Waals surface area contributed by atoms with Gasteiger partial charge in [0.25, 0.3) is 0 Å². The van der Waals surface area contributed by atoms with Crippen molar-refractivity contribution >= 4 is 43.2 Å². The van der Waals surface area contributed by atoms with Crippen LogP contribution in [0.1, 0.15) is 30.2 Å². The fourth-order valence-corrected chi connectivity index (χ4v) is 4.09. The molecule has 114 valence electrons. The van der Waals surface area contributed by atoms with Gasteiger partial charge in [-0.05, 0) is 58.6 Å². The van der Waals surface area contributed by atoms with Crippen molar-refractivity contribution in [3.63, 3.8) is 0 Å². The molecule has 1 heterocycles. The smallest absolute Gasteiger partial charge is 0.0285 e. The maximum Gasteiger partial charge on any atom is 0.0285 e. The van der Waals surface area contributed by atoms with Crippen LogP contribution >= 0.6 is 43.2 Å². The molecule has 0 fully saturated rings. The Kier molecular flexibility index (Phi) is 6.93. The minimum atomic E-state index is 0.516. The monoisotopic (exact) mass is 429 g/mol. The van der Waals surface area contributed by atoms with E-state index in [1.807, 2.05) is 11.3 Å². The van der Waals surface area contributed by atoms with Gasteiger partial charge in [-0.25, -0.2) is 0 Å². The van der Waals surface area contributed by atoms with Crippen molar-refractivity contribution in [2.45, 2.75) is 26.2 Å². The molecule has 1 aromatic carbocycles. The number of halogens is 2. The molecule has 21 heavy (non-hydrogen) atoms. The lowest BCUT2D eigenvalue weighted by molar-refractivity contribution is 0.515. The topological polar surface area (TPSA) is 12.0 Å². The van der Waals surface area contributed by atoms with Gasteiger partial charge in [0, 0.05) is 31.7 Å². The van der Waals surface area contributed by atoms with Gasteiger partial charge < -0.3 is 5.32 Å². The molecule has 0 saturated heterocycles. The molecule has 0 amide bonds. The number of nitrogens with one attached hydrogen (secondary N) is 1. The Labute approximate surface area is 148 Å². The maximum absolute atomic E-state index is 3.61. The molecule has 2 aromatic rings. The second kappa shape index (κ2) is 8.47. The Bertz CT molecular complexity index is 548. The predicted molar refractivity (Wildman–Crippen MR) is 100 cm³/mol. The molecule has 0 saturated carbocycles. The van der Waals surface area contributed by atoms with Crippen molar-refractivity contribution < 1.29 is 0 Å². The summed E-state index contributed by atoms with van der Waals surface area (Å²) < 4.78 is 2.33. The number of thiophene rings is 1. The zero-order valence-corrected chi connectivity index (χ0v) is 16.4. The van der Waals surface area contributed by atoms with Gasteiger partial charge in [0.2, 0.25) is 0 Å². The Morgan fingerprint density at radius 2 is 1.76 bits per heavy atom. The van der Waals surface area contributed by atoms with Gasteiger partial charge in [0.15, 0.2) is 0 Å². The standard InChI is InChI=1S/C17H21Br2NS/c1-12(2)9-20-10-14(7-17-8-16(19)11-21-17)13-3-5-15(18)6-4-13/h3-6,8,11-12,14,20H,7,9-10H2,1-2H3. The molecule has 0 aliphatic heterocycles. The van der Waals surface area contributed by atoms with E-state index in [4.69, 9.17) is 0 Å². The summed E-state index contributed by atoms with van der Waals surface area (Å²) in [5, 5.41) is 5.77. The highest BCUT2D eigenvalue weighted by molar-refractivity contribution is 9.10. The highest BCUT2D eigenvalue weighted by Gasteiger charge is 2.14. The van der Waals surface area contributed by atoms with Crippen molar-refractivity contribution in [3.05, 3.63) is 55.1 Å². The summed E-state index contributed by atoms with van der Waals surface area (Å²) in [5.41, 5.74) is 1.40. The van der Waals surface area contributed by atoms with Crippen LogP contribution in [0.5, 0.6) is 0 Å². The van der Waals surface area contributed by atoms with Crippen LogP contribution in [0.4, 0.5) is 0 Å². The van der Waals surface area contributed by atoms with E-state index in [9.17, 15) is 0 Å². The third-order valence-electron chi connectivity index (χ3n) is 3.35. The minimum Gasteiger partial charge on any atom is -0.316 e. The summed E-state index contributed by atoms with van der Waals surface area (Å²) in [4.78, 5) is 1.43. The van der Waals surface area contributed by atoms with Crippen LogP contribution in [0.3, 0.4) is 0 Å². The summed E-state index contributed by atoms with van der Waals surface area (Å²) in [5.74, 6) is 1.20. The Hall–Kier alpha value is -0.160. The summed E-state index contributed by atoms with van der Waals surface area (Å²) in [7, 11) is 0. The molecule has 1 aromatic heterocycles. The van der Waals surface area contributed by atoms with E-state index in [1.54, 1.807) is 0 Å². The quantitative estimate of drug-likeness (QED) is 0.581. The van der Waals surface area contributed by atoms with Crippen LogP contribution in [0.2, 0.25) is 0 Å². The first kappa shape index (κ1) is 17.2. The molecule has 1 N–H and O–H groups in total. The van der Waals surface area contributed by atoms with Gasteiger partial charge in [-0.1, -0.05) is 41.9 Å². The van der Waals surface area contributed by atoms with Gasteiger partial charge in [-0.15, -0.1) is 11.3 Å². The molecule has 2 rings (SSSR count). The van der Waals surface area contributed by atoms with Crippen LogP contribution in [0.25, 0.3) is 0 Å². The Morgan fingerprint density at radius 1 is 1.05 bits per heavy atom. The van der Waals surface area contributed by atoms with Gasteiger partial charge >= 0.3 is 0 Å². The molecule has 0 radical (unpaired) electrons. The van der Waals surface area contributed by atoms with E-state index in [0.717, 1.165) is 24.0 Å². The zero-order chi connectivity index (χ0) is 15.2. The van der Waals surface area contributed by atoms with Crippen LogP contribution < -0.4 is 5.32 Å². The van der Waals surface area contributed by atoms with Crippen molar-refractivity contribution in [1.82, 2.24) is 5.32 Å². The van der Waals surface area contributed by atoms with Crippen molar-refractivity contribution in [2.75, 3.05) is 13.1 Å². The summed E-state index contributed by atoms with van der Waals surface area (Å²) >= 11 is 8.90. The average Bonchev–Trinajstić information content (AvgIpc) is 2.84. The first-order valence-corrected chi connectivity index (χ1v) is 9.70. The molecular formula is C17H21Br2NS. The number of hydrogen-bond acceptors (Lipinski definition) is 2. The number of rotatable bonds is 7. The average molecular weight is 431 g/mol. The highest BCUT2D eigenvalue weighted by atomic mass is 79.9. The molecular weight excluding hydrogens is 410 g/mol. The van der Waals surface area contributed by atoms with E-state index >= 15 is 0 Å². The minimum absolute atomic E-state index is 0.516. The lowest BCUT2D eigenvalue weighted by Gasteiger charge is -2.18. The second-order valence-electron chi connectivity index (χ2n) is 5.74.